The van der Waals surface area contributed by atoms with Crippen molar-refractivity contribution >= 4 is 39.7 Å². The summed E-state index contributed by atoms with van der Waals surface area (Å²) in [5, 5.41) is 10.6. The lowest BCUT2D eigenvalue weighted by Gasteiger charge is -2.19. The number of fused-ring (bicyclic) bond motifs is 1. The van der Waals surface area contributed by atoms with Crippen LogP contribution in [0.1, 0.15) is 12.8 Å². The van der Waals surface area contributed by atoms with Crippen molar-refractivity contribution < 1.29 is 13.3 Å². The van der Waals surface area contributed by atoms with Crippen molar-refractivity contribution in [1.29, 1.82) is 0 Å². The van der Waals surface area contributed by atoms with E-state index in [1.54, 1.807) is 0 Å². The van der Waals surface area contributed by atoms with Crippen LogP contribution in [0.5, 0.6) is 0 Å². The highest BCUT2D eigenvalue weighted by molar-refractivity contribution is 7.89. The number of halogens is 2. The van der Waals surface area contributed by atoms with Crippen molar-refractivity contribution in [2.24, 2.45) is 17.6 Å². The molecule has 0 spiro atoms. The monoisotopic (exact) mass is 381 g/mol. The fourth-order valence-electron chi connectivity index (χ4n) is 3.41. The van der Waals surface area contributed by atoms with E-state index in [1.165, 1.54) is 10.4 Å². The number of non-ortho nitro benzene ring substituents is 1. The molecule has 1 aliphatic carbocycles. The van der Waals surface area contributed by atoms with Crippen LogP contribution in [-0.2, 0) is 10.0 Å². The number of rotatable bonds is 3. The van der Waals surface area contributed by atoms with Crippen molar-refractivity contribution in [3.63, 3.8) is 0 Å². The summed E-state index contributed by atoms with van der Waals surface area (Å²) in [6.07, 6.45) is 1.87. The topological polar surface area (TPSA) is 107 Å². The second-order valence-corrected chi connectivity index (χ2v) is 8.17. The third-order valence-corrected chi connectivity index (χ3v) is 6.94. The molecule has 3 atom stereocenters. The molecule has 10 heteroatoms. The zero-order valence-electron chi connectivity index (χ0n) is 12.1. The molecule has 1 saturated carbocycles. The largest absolute Gasteiger partial charge is 0.327 e. The van der Waals surface area contributed by atoms with E-state index >= 15 is 0 Å². The Morgan fingerprint density at radius 1 is 1.30 bits per heavy atom. The molecule has 1 aliphatic heterocycles. The molecule has 7 nitrogen and oxygen atoms in total. The number of hydrogen-bond acceptors (Lipinski definition) is 5. The predicted octanol–water partition coefficient (Wildman–Crippen LogP) is 2.03. The number of nitrogens with zero attached hydrogens (tertiary/aromatic N) is 2. The third-order valence-electron chi connectivity index (χ3n) is 4.62. The summed E-state index contributed by atoms with van der Waals surface area (Å²) in [5.74, 6) is 0.480. The maximum Gasteiger partial charge on any atom is 0.271 e. The standard InChI is InChI=1S/C13H16ClN3O4S.ClH/c14-11-5-9(17(18)19)2-4-13(11)22(20,21)16-6-8-1-3-12(15)10(8)7-16;/h2,4-5,8,10,12H,1,3,6-7,15H2;1H. The van der Waals surface area contributed by atoms with E-state index in [2.05, 4.69) is 0 Å². The van der Waals surface area contributed by atoms with Crippen LogP contribution in [0, 0.1) is 22.0 Å². The number of nitro benzene ring substituents is 1. The second kappa shape index (κ2) is 6.52. The van der Waals surface area contributed by atoms with Crippen LogP contribution >= 0.6 is 24.0 Å². The van der Waals surface area contributed by atoms with Crippen LogP contribution < -0.4 is 5.73 Å². The van der Waals surface area contributed by atoms with Crippen molar-refractivity contribution in [1.82, 2.24) is 4.31 Å². The Morgan fingerprint density at radius 3 is 2.57 bits per heavy atom. The zero-order valence-corrected chi connectivity index (χ0v) is 14.5. The fourth-order valence-corrected chi connectivity index (χ4v) is 5.46. The van der Waals surface area contributed by atoms with Crippen molar-refractivity contribution in [3.8, 4) is 0 Å². The minimum Gasteiger partial charge on any atom is -0.327 e. The molecular formula is C13H17Cl2N3O4S. The molecule has 3 unspecified atom stereocenters. The van der Waals surface area contributed by atoms with E-state index in [-0.39, 0.29) is 40.0 Å². The first-order valence-electron chi connectivity index (χ1n) is 7.00. The van der Waals surface area contributed by atoms with Gasteiger partial charge in [0.05, 0.1) is 9.95 Å². The van der Waals surface area contributed by atoms with Gasteiger partial charge >= 0.3 is 0 Å². The molecule has 0 bridgehead atoms. The molecule has 2 N–H and O–H groups in total. The molecule has 2 aliphatic rings. The van der Waals surface area contributed by atoms with Gasteiger partial charge in [-0.05, 0) is 30.7 Å². The molecule has 1 aromatic carbocycles. The maximum absolute atomic E-state index is 12.7. The minimum absolute atomic E-state index is 0. The number of nitro groups is 1. The van der Waals surface area contributed by atoms with Crippen LogP contribution in [0.15, 0.2) is 23.1 Å². The van der Waals surface area contributed by atoms with Gasteiger partial charge in [0.2, 0.25) is 10.0 Å². The Bertz CT molecular complexity index is 728. The number of nitrogens with two attached hydrogens (primary N) is 1. The molecule has 3 rings (SSSR count). The van der Waals surface area contributed by atoms with Gasteiger partial charge in [0.15, 0.2) is 0 Å². The van der Waals surface area contributed by atoms with E-state index < -0.39 is 14.9 Å². The highest BCUT2D eigenvalue weighted by atomic mass is 35.5. The molecule has 23 heavy (non-hydrogen) atoms. The van der Waals surface area contributed by atoms with Gasteiger partial charge in [0.1, 0.15) is 4.90 Å². The molecule has 0 aromatic heterocycles. The van der Waals surface area contributed by atoms with Crippen molar-refractivity contribution in [2.75, 3.05) is 13.1 Å². The number of hydrogen-bond donors (Lipinski definition) is 1. The van der Waals surface area contributed by atoms with Gasteiger partial charge in [0, 0.05) is 31.3 Å². The Balaban J connectivity index is 0.00000192. The molecule has 1 saturated heterocycles. The number of benzene rings is 1. The van der Waals surface area contributed by atoms with Crippen LogP contribution in [0.25, 0.3) is 0 Å². The zero-order chi connectivity index (χ0) is 16.1. The lowest BCUT2D eigenvalue weighted by atomic mass is 9.98. The van der Waals surface area contributed by atoms with Gasteiger partial charge in [-0.1, -0.05) is 11.6 Å². The molecule has 0 radical (unpaired) electrons. The Kier molecular flexibility index (Phi) is 5.22. The summed E-state index contributed by atoms with van der Waals surface area (Å²) < 4.78 is 26.8. The molecule has 0 amide bonds. The summed E-state index contributed by atoms with van der Waals surface area (Å²) in [7, 11) is -3.75. The quantitative estimate of drug-likeness (QED) is 0.636. The lowest BCUT2D eigenvalue weighted by Crippen LogP contribution is -2.33. The van der Waals surface area contributed by atoms with E-state index in [1.807, 2.05) is 0 Å². The Labute approximate surface area is 145 Å². The first-order chi connectivity index (χ1) is 10.3. The molecule has 1 heterocycles. The van der Waals surface area contributed by atoms with E-state index in [4.69, 9.17) is 17.3 Å². The summed E-state index contributed by atoms with van der Waals surface area (Å²) in [4.78, 5) is 10.0. The summed E-state index contributed by atoms with van der Waals surface area (Å²) >= 11 is 5.95. The molecular weight excluding hydrogens is 365 g/mol. The van der Waals surface area contributed by atoms with E-state index in [0.717, 1.165) is 25.0 Å². The Hall–Kier alpha value is -0.930. The van der Waals surface area contributed by atoms with Crippen molar-refractivity contribution in [2.45, 2.75) is 23.8 Å². The molecule has 2 fully saturated rings. The van der Waals surface area contributed by atoms with Crippen LogP contribution in [0.2, 0.25) is 5.02 Å². The maximum atomic E-state index is 12.7. The Morgan fingerprint density at radius 2 is 2.00 bits per heavy atom. The minimum atomic E-state index is -3.75. The number of sulfonamides is 1. The van der Waals surface area contributed by atoms with Crippen LogP contribution in [0.4, 0.5) is 5.69 Å². The summed E-state index contributed by atoms with van der Waals surface area (Å²) in [5.41, 5.74) is 5.79. The first-order valence-corrected chi connectivity index (χ1v) is 8.82. The average molecular weight is 382 g/mol. The average Bonchev–Trinajstić information content (AvgIpc) is 3.01. The molecule has 1 aromatic rings. The van der Waals surface area contributed by atoms with E-state index in [9.17, 15) is 18.5 Å². The predicted molar refractivity (Wildman–Crippen MR) is 88.3 cm³/mol. The highest BCUT2D eigenvalue weighted by Gasteiger charge is 2.45. The van der Waals surface area contributed by atoms with Gasteiger partial charge in [0.25, 0.3) is 5.69 Å². The molecule has 128 valence electrons. The fraction of sp³-hybridized carbons (Fsp3) is 0.538. The summed E-state index contributed by atoms with van der Waals surface area (Å²) in [6.45, 7) is 0.829. The normalized spacial score (nSPS) is 27.5. The highest BCUT2D eigenvalue weighted by Crippen LogP contribution is 2.40. The smallest absolute Gasteiger partial charge is 0.271 e. The van der Waals surface area contributed by atoms with Crippen LogP contribution in [0.3, 0.4) is 0 Å². The van der Waals surface area contributed by atoms with Gasteiger partial charge < -0.3 is 5.73 Å². The van der Waals surface area contributed by atoms with Crippen molar-refractivity contribution in [3.05, 3.63) is 33.3 Å². The van der Waals surface area contributed by atoms with Gasteiger partial charge in [-0.2, -0.15) is 4.31 Å². The SMILES string of the molecule is Cl.NC1CCC2CN(S(=O)(=O)c3ccc([N+](=O)[O-])cc3Cl)CC12. The third kappa shape index (κ3) is 3.18. The van der Waals surface area contributed by atoms with Gasteiger partial charge in [-0.3, -0.25) is 10.1 Å². The van der Waals surface area contributed by atoms with E-state index in [0.29, 0.717) is 19.0 Å². The van der Waals surface area contributed by atoms with Gasteiger partial charge in [-0.15, -0.1) is 12.4 Å². The lowest BCUT2D eigenvalue weighted by molar-refractivity contribution is -0.384. The summed E-state index contributed by atoms with van der Waals surface area (Å²) in [6, 6.07) is 3.46. The second-order valence-electron chi connectivity index (χ2n) is 5.86. The van der Waals surface area contributed by atoms with Crippen LogP contribution in [-0.4, -0.2) is 36.8 Å². The van der Waals surface area contributed by atoms with Gasteiger partial charge in [-0.25, -0.2) is 8.42 Å². The first kappa shape index (κ1) is 18.4.